The number of furan rings is 1. The molecule has 0 spiro atoms. The molecule has 2 heterocycles. The van der Waals surface area contributed by atoms with Gasteiger partial charge < -0.3 is 4.42 Å². The Morgan fingerprint density at radius 3 is 2.33 bits per heavy atom. The van der Waals surface area contributed by atoms with E-state index in [1.807, 2.05) is 42.5 Å². The van der Waals surface area contributed by atoms with Crippen LogP contribution in [0.1, 0.15) is 0 Å². The molecule has 0 N–H and O–H groups in total. The molecule has 0 radical (unpaired) electrons. The molecule has 0 amide bonds. The first-order valence-corrected chi connectivity index (χ1v) is 4.60. The lowest BCUT2D eigenvalue weighted by Crippen LogP contribution is -1.79. The fourth-order valence-corrected chi connectivity index (χ4v) is 1.16. The van der Waals surface area contributed by atoms with Crippen LogP contribution in [0.4, 0.5) is 0 Å². The summed E-state index contributed by atoms with van der Waals surface area (Å²) in [7, 11) is 0. The Labute approximate surface area is 87.4 Å². The first kappa shape index (κ1) is 9.40. The maximum absolute atomic E-state index is 4.58. The molecular formula is C12H10N2O. The summed E-state index contributed by atoms with van der Waals surface area (Å²) in [5, 5.41) is 8.83. The van der Waals surface area contributed by atoms with Gasteiger partial charge >= 0.3 is 0 Å². The third-order valence-electron chi connectivity index (χ3n) is 1.85. The van der Waals surface area contributed by atoms with Crippen LogP contribution in [0, 0.1) is 0 Å². The Balaban J connectivity index is 0.000000144. The van der Waals surface area contributed by atoms with Crippen LogP contribution in [0.2, 0.25) is 0 Å². The predicted octanol–water partition coefficient (Wildman–Crippen LogP) is 2.91. The van der Waals surface area contributed by atoms with E-state index in [4.69, 9.17) is 0 Å². The monoisotopic (exact) mass is 198 g/mol. The molecule has 0 aliphatic rings. The minimum Gasteiger partial charge on any atom is -0.473 e. The fourth-order valence-electron chi connectivity index (χ4n) is 1.16. The highest BCUT2D eigenvalue weighted by Crippen LogP contribution is 2.06. The van der Waals surface area contributed by atoms with Crippen LogP contribution in [0.15, 0.2) is 65.6 Å². The van der Waals surface area contributed by atoms with Crippen molar-refractivity contribution >= 4 is 10.9 Å². The van der Waals surface area contributed by atoms with Crippen LogP contribution in [0.5, 0.6) is 0 Å². The molecule has 3 aromatic rings. The van der Waals surface area contributed by atoms with Crippen molar-refractivity contribution in [3.63, 3.8) is 0 Å². The van der Waals surface area contributed by atoms with Gasteiger partial charge in [0.15, 0.2) is 0 Å². The van der Waals surface area contributed by atoms with Crippen LogP contribution in [0.3, 0.4) is 0 Å². The number of benzene rings is 1. The highest BCUT2D eigenvalue weighted by molar-refractivity contribution is 5.77. The Bertz CT molecular complexity index is 423. The van der Waals surface area contributed by atoms with Crippen LogP contribution in [-0.2, 0) is 0 Å². The molecule has 3 rings (SSSR count). The van der Waals surface area contributed by atoms with Crippen molar-refractivity contribution in [3.05, 3.63) is 61.2 Å². The molecule has 0 unspecified atom stereocenters. The summed E-state index contributed by atoms with van der Waals surface area (Å²) >= 11 is 0. The second kappa shape index (κ2) is 4.91. The zero-order valence-electron chi connectivity index (χ0n) is 8.08. The van der Waals surface area contributed by atoms with Crippen LogP contribution in [-0.4, -0.2) is 10.2 Å². The van der Waals surface area contributed by atoms with Gasteiger partial charge in [0, 0.05) is 5.39 Å². The highest BCUT2D eigenvalue weighted by Gasteiger charge is 1.87. The molecule has 2 aromatic heterocycles. The summed E-state index contributed by atoms with van der Waals surface area (Å²) in [4.78, 5) is 0. The number of nitrogens with zero attached hydrogens (tertiary/aromatic N) is 2. The van der Waals surface area contributed by atoms with Crippen molar-refractivity contribution in [1.82, 2.24) is 10.2 Å². The number of aromatic nitrogens is 2. The van der Waals surface area contributed by atoms with Crippen molar-refractivity contribution in [3.8, 4) is 0 Å². The first-order valence-electron chi connectivity index (χ1n) is 4.60. The Morgan fingerprint density at radius 2 is 1.67 bits per heavy atom. The smallest absolute Gasteiger partial charge is 0.0929 e. The van der Waals surface area contributed by atoms with E-state index in [0.717, 1.165) is 10.9 Å². The van der Waals surface area contributed by atoms with Crippen LogP contribution in [0.25, 0.3) is 10.9 Å². The normalized spacial score (nSPS) is 9.33. The van der Waals surface area contributed by atoms with Gasteiger partial charge in [0.2, 0.25) is 0 Å². The standard InChI is InChI=1S/C8H6N2.C4H4O/c1-2-4-8-7(3-1)5-6-9-10-8;1-2-4-5-3-1/h1-6H;1-4H. The fraction of sp³-hybridized carbons (Fsp3) is 0. The summed E-state index contributed by atoms with van der Waals surface area (Å²) in [5.74, 6) is 0. The minimum atomic E-state index is 0.949. The quantitative estimate of drug-likeness (QED) is 0.557. The maximum Gasteiger partial charge on any atom is 0.0929 e. The summed E-state index contributed by atoms with van der Waals surface area (Å²) in [6.45, 7) is 0. The maximum atomic E-state index is 4.58. The van der Waals surface area contributed by atoms with Crippen molar-refractivity contribution in [2.75, 3.05) is 0 Å². The van der Waals surface area contributed by atoms with Gasteiger partial charge in [-0.2, -0.15) is 10.2 Å². The SMILES string of the molecule is c1ccc2nnccc2c1.c1ccoc1. The molecular weight excluding hydrogens is 188 g/mol. The van der Waals surface area contributed by atoms with E-state index < -0.39 is 0 Å². The van der Waals surface area contributed by atoms with Gasteiger partial charge in [-0.1, -0.05) is 18.2 Å². The number of hydrogen-bond acceptors (Lipinski definition) is 3. The summed E-state index contributed by atoms with van der Waals surface area (Å²) in [5.41, 5.74) is 0.949. The third kappa shape index (κ3) is 2.64. The second-order valence-electron chi connectivity index (χ2n) is 2.88. The molecule has 0 atom stereocenters. The molecule has 15 heavy (non-hydrogen) atoms. The van der Waals surface area contributed by atoms with Gasteiger partial charge in [0.25, 0.3) is 0 Å². The topological polar surface area (TPSA) is 38.9 Å². The molecule has 0 bridgehead atoms. The van der Waals surface area contributed by atoms with Crippen molar-refractivity contribution in [2.45, 2.75) is 0 Å². The van der Waals surface area contributed by atoms with E-state index in [1.165, 1.54) is 0 Å². The van der Waals surface area contributed by atoms with Gasteiger partial charge in [-0.3, -0.25) is 0 Å². The lowest BCUT2D eigenvalue weighted by molar-refractivity contribution is 0.567. The zero-order valence-corrected chi connectivity index (χ0v) is 8.08. The molecule has 0 aliphatic heterocycles. The largest absolute Gasteiger partial charge is 0.473 e. The van der Waals surface area contributed by atoms with Crippen molar-refractivity contribution in [2.24, 2.45) is 0 Å². The van der Waals surface area contributed by atoms with Gasteiger partial charge in [-0.05, 0) is 24.3 Å². The molecule has 1 aromatic carbocycles. The minimum absolute atomic E-state index is 0.949. The zero-order chi connectivity index (χ0) is 10.3. The Morgan fingerprint density at radius 1 is 0.867 bits per heavy atom. The summed E-state index contributed by atoms with van der Waals surface area (Å²) in [6, 6.07) is 13.5. The molecule has 0 fully saturated rings. The van der Waals surface area contributed by atoms with Crippen molar-refractivity contribution in [1.29, 1.82) is 0 Å². The summed E-state index contributed by atoms with van der Waals surface area (Å²) < 4.78 is 4.58. The van der Waals surface area contributed by atoms with Crippen LogP contribution < -0.4 is 0 Å². The van der Waals surface area contributed by atoms with Gasteiger partial charge in [-0.25, -0.2) is 0 Å². The van der Waals surface area contributed by atoms with Gasteiger partial charge in [0.05, 0.1) is 24.2 Å². The van der Waals surface area contributed by atoms with E-state index in [1.54, 1.807) is 18.7 Å². The third-order valence-corrected chi connectivity index (χ3v) is 1.85. The highest BCUT2D eigenvalue weighted by atomic mass is 16.3. The van der Waals surface area contributed by atoms with Gasteiger partial charge in [0.1, 0.15) is 0 Å². The lowest BCUT2D eigenvalue weighted by atomic mass is 10.2. The molecule has 0 saturated carbocycles. The van der Waals surface area contributed by atoms with E-state index in [-0.39, 0.29) is 0 Å². The molecule has 74 valence electrons. The number of fused-ring (bicyclic) bond motifs is 1. The van der Waals surface area contributed by atoms with E-state index in [0.29, 0.717) is 0 Å². The van der Waals surface area contributed by atoms with Crippen molar-refractivity contribution < 1.29 is 4.42 Å². The lowest BCUT2D eigenvalue weighted by Gasteiger charge is -1.90. The molecule has 0 saturated heterocycles. The number of rotatable bonds is 0. The van der Waals surface area contributed by atoms with E-state index in [2.05, 4.69) is 14.6 Å². The average Bonchev–Trinajstić information content (AvgIpc) is 2.88. The second-order valence-corrected chi connectivity index (χ2v) is 2.88. The van der Waals surface area contributed by atoms with Crippen LogP contribution >= 0.6 is 0 Å². The predicted molar refractivity (Wildman–Crippen MR) is 58.2 cm³/mol. The first-order chi connectivity index (χ1) is 7.47. The Hall–Kier alpha value is -2.16. The average molecular weight is 198 g/mol. The molecule has 3 nitrogen and oxygen atoms in total. The number of hydrogen-bond donors (Lipinski definition) is 0. The Kier molecular flexibility index (Phi) is 3.07. The van der Waals surface area contributed by atoms with E-state index >= 15 is 0 Å². The van der Waals surface area contributed by atoms with E-state index in [9.17, 15) is 0 Å². The summed E-state index contributed by atoms with van der Waals surface area (Å²) in [6.07, 6.45) is 4.95. The van der Waals surface area contributed by atoms with Gasteiger partial charge in [-0.15, -0.1) is 0 Å². The molecule has 0 aliphatic carbocycles. The molecule has 3 heteroatoms.